The van der Waals surface area contributed by atoms with Crippen molar-refractivity contribution in [1.82, 2.24) is 0 Å². The van der Waals surface area contributed by atoms with Gasteiger partial charge in [0, 0.05) is 17.5 Å². The van der Waals surface area contributed by atoms with Crippen LogP contribution in [0, 0.1) is 0 Å². The minimum Gasteiger partial charge on any atom is -0.507 e. The summed E-state index contributed by atoms with van der Waals surface area (Å²) in [7, 11) is 1.44. The summed E-state index contributed by atoms with van der Waals surface area (Å²) in [4.78, 5) is 24.6. The Morgan fingerprint density at radius 1 is 0.744 bits per heavy atom. The summed E-state index contributed by atoms with van der Waals surface area (Å²) in [6, 6.07) is 3.65. The molecule has 0 spiro atoms. The van der Waals surface area contributed by atoms with E-state index in [4.69, 9.17) is 4.74 Å². The zero-order chi connectivity index (χ0) is 29.5. The Morgan fingerprint density at radius 3 is 1.62 bits per heavy atom. The standard InChI is InChI=1S/C34H58O5/c1-9-10-11-18-21-27(22-19-16-14-12-13-15-17-20-23-30(35)38-8)39-32(37)26-24-28(33(2,3)4)31(36)29(25-26)34(5,6)7/h24-25,27,36H,9-23H2,1-8H3. The zero-order valence-corrected chi connectivity index (χ0v) is 26.4. The SMILES string of the molecule is CCCCCCC(CCCCCCCCCCC(=O)OC)OC(=O)c1cc(C(C)(C)C)c(O)c(C(C)(C)C)c1. The Morgan fingerprint density at radius 2 is 1.18 bits per heavy atom. The highest BCUT2D eigenvalue weighted by Gasteiger charge is 2.28. The third-order valence-electron chi connectivity index (χ3n) is 7.50. The van der Waals surface area contributed by atoms with Gasteiger partial charge in [0.05, 0.1) is 12.7 Å². The van der Waals surface area contributed by atoms with Crippen molar-refractivity contribution in [1.29, 1.82) is 0 Å². The number of benzene rings is 1. The minimum absolute atomic E-state index is 0.0716. The van der Waals surface area contributed by atoms with Crippen molar-refractivity contribution in [2.24, 2.45) is 0 Å². The molecule has 0 aliphatic rings. The van der Waals surface area contributed by atoms with Crippen LogP contribution in [0.15, 0.2) is 12.1 Å². The Labute approximate surface area is 239 Å². The van der Waals surface area contributed by atoms with E-state index in [-0.39, 0.29) is 34.6 Å². The molecule has 0 aliphatic carbocycles. The molecule has 5 nitrogen and oxygen atoms in total. The van der Waals surface area contributed by atoms with Gasteiger partial charge in [-0.05, 0) is 55.1 Å². The van der Waals surface area contributed by atoms with E-state index < -0.39 is 0 Å². The molecule has 0 saturated heterocycles. The molecular weight excluding hydrogens is 488 g/mol. The molecule has 0 heterocycles. The van der Waals surface area contributed by atoms with Crippen LogP contribution >= 0.6 is 0 Å². The van der Waals surface area contributed by atoms with Crippen molar-refractivity contribution < 1.29 is 24.2 Å². The number of hydrogen-bond acceptors (Lipinski definition) is 5. The Hall–Kier alpha value is -2.04. The van der Waals surface area contributed by atoms with Crippen LogP contribution in [0.3, 0.4) is 0 Å². The van der Waals surface area contributed by atoms with Crippen LogP contribution in [-0.4, -0.2) is 30.3 Å². The molecule has 1 aromatic carbocycles. The number of carbonyl (C=O) groups excluding carboxylic acids is 2. The molecule has 224 valence electrons. The lowest BCUT2D eigenvalue weighted by molar-refractivity contribution is -0.140. The van der Waals surface area contributed by atoms with E-state index in [0.29, 0.717) is 12.0 Å². The van der Waals surface area contributed by atoms with Crippen molar-refractivity contribution in [3.8, 4) is 5.75 Å². The van der Waals surface area contributed by atoms with E-state index in [9.17, 15) is 14.7 Å². The highest BCUT2D eigenvalue weighted by molar-refractivity contribution is 5.90. The average molecular weight is 547 g/mol. The van der Waals surface area contributed by atoms with E-state index in [1.54, 1.807) is 0 Å². The maximum atomic E-state index is 13.4. The van der Waals surface area contributed by atoms with Gasteiger partial charge in [-0.1, -0.05) is 106 Å². The number of phenols is 1. The van der Waals surface area contributed by atoms with E-state index in [1.807, 2.05) is 12.1 Å². The monoisotopic (exact) mass is 546 g/mol. The topological polar surface area (TPSA) is 72.8 Å². The van der Waals surface area contributed by atoms with E-state index in [0.717, 1.165) is 62.5 Å². The fraction of sp³-hybridized carbons (Fsp3) is 0.765. The molecule has 0 fully saturated rings. The van der Waals surface area contributed by atoms with E-state index in [2.05, 4.69) is 53.2 Å². The lowest BCUT2D eigenvalue weighted by atomic mass is 9.78. The van der Waals surface area contributed by atoms with Crippen molar-refractivity contribution in [2.45, 2.75) is 162 Å². The third-order valence-corrected chi connectivity index (χ3v) is 7.50. The summed E-state index contributed by atoms with van der Waals surface area (Å²) >= 11 is 0. The van der Waals surface area contributed by atoms with Crippen LogP contribution in [0.25, 0.3) is 0 Å². The largest absolute Gasteiger partial charge is 0.507 e. The van der Waals surface area contributed by atoms with Crippen molar-refractivity contribution in [3.63, 3.8) is 0 Å². The fourth-order valence-corrected chi connectivity index (χ4v) is 4.98. The predicted molar refractivity (Wildman–Crippen MR) is 162 cm³/mol. The summed E-state index contributed by atoms with van der Waals surface area (Å²) in [6.07, 6.45) is 15.8. The molecule has 0 radical (unpaired) electrons. The van der Waals surface area contributed by atoms with E-state index >= 15 is 0 Å². The second-order valence-corrected chi connectivity index (χ2v) is 13.2. The Balaban J connectivity index is 2.72. The van der Waals surface area contributed by atoms with Gasteiger partial charge in [-0.3, -0.25) is 4.79 Å². The molecule has 1 rings (SSSR count). The summed E-state index contributed by atoms with van der Waals surface area (Å²) in [5.74, 6) is -0.112. The molecule has 1 N–H and O–H groups in total. The van der Waals surface area contributed by atoms with Gasteiger partial charge in [-0.15, -0.1) is 0 Å². The lowest BCUT2D eigenvalue weighted by Gasteiger charge is -2.28. The first-order chi connectivity index (χ1) is 18.3. The lowest BCUT2D eigenvalue weighted by Crippen LogP contribution is -2.22. The highest BCUT2D eigenvalue weighted by atomic mass is 16.5. The van der Waals surface area contributed by atoms with Crippen LogP contribution in [0.2, 0.25) is 0 Å². The molecule has 0 aromatic heterocycles. The van der Waals surface area contributed by atoms with Crippen LogP contribution in [0.1, 0.15) is 166 Å². The first-order valence-electron chi connectivity index (χ1n) is 15.5. The predicted octanol–water partition coefficient (Wildman–Crippen LogP) is 9.56. The molecule has 1 atom stereocenters. The van der Waals surface area contributed by atoms with Gasteiger partial charge in [0.25, 0.3) is 0 Å². The number of unbranched alkanes of at least 4 members (excludes halogenated alkanes) is 10. The normalized spacial score (nSPS) is 12.8. The van der Waals surface area contributed by atoms with Crippen molar-refractivity contribution in [3.05, 3.63) is 28.8 Å². The second kappa shape index (κ2) is 17.6. The molecule has 1 unspecified atom stereocenters. The summed E-state index contributed by atoms with van der Waals surface area (Å²) < 4.78 is 10.8. The third kappa shape index (κ3) is 13.7. The van der Waals surface area contributed by atoms with Gasteiger partial charge in [0.15, 0.2) is 0 Å². The van der Waals surface area contributed by atoms with Gasteiger partial charge in [0.2, 0.25) is 0 Å². The molecule has 0 saturated carbocycles. The summed E-state index contributed by atoms with van der Waals surface area (Å²) in [5.41, 5.74) is 1.52. The number of esters is 2. The number of rotatable bonds is 18. The first kappa shape index (κ1) is 35.0. The van der Waals surface area contributed by atoms with Crippen molar-refractivity contribution in [2.75, 3.05) is 7.11 Å². The van der Waals surface area contributed by atoms with Crippen LogP contribution < -0.4 is 0 Å². The fourth-order valence-electron chi connectivity index (χ4n) is 4.98. The van der Waals surface area contributed by atoms with E-state index in [1.165, 1.54) is 45.6 Å². The quantitative estimate of drug-likeness (QED) is 0.147. The summed E-state index contributed by atoms with van der Waals surface area (Å²) in [5, 5.41) is 11.0. The van der Waals surface area contributed by atoms with Gasteiger partial charge >= 0.3 is 11.9 Å². The summed E-state index contributed by atoms with van der Waals surface area (Å²) in [6.45, 7) is 14.6. The molecule has 39 heavy (non-hydrogen) atoms. The first-order valence-corrected chi connectivity index (χ1v) is 15.5. The molecule has 0 amide bonds. The number of methoxy groups -OCH3 is 1. The molecule has 5 heteroatoms. The second-order valence-electron chi connectivity index (χ2n) is 13.2. The number of aromatic hydroxyl groups is 1. The smallest absolute Gasteiger partial charge is 0.338 e. The van der Waals surface area contributed by atoms with Gasteiger partial charge in [-0.2, -0.15) is 0 Å². The Bertz CT molecular complexity index is 824. The maximum Gasteiger partial charge on any atom is 0.338 e. The molecule has 1 aromatic rings. The number of carbonyl (C=O) groups is 2. The molecule has 0 bridgehead atoms. The zero-order valence-electron chi connectivity index (χ0n) is 26.4. The van der Waals surface area contributed by atoms with Gasteiger partial charge < -0.3 is 14.6 Å². The minimum atomic E-state index is -0.290. The van der Waals surface area contributed by atoms with Gasteiger partial charge in [-0.25, -0.2) is 4.79 Å². The molecular formula is C34H58O5. The van der Waals surface area contributed by atoms with Crippen LogP contribution in [-0.2, 0) is 25.1 Å². The number of hydrogen-bond donors (Lipinski definition) is 1. The maximum absolute atomic E-state index is 13.4. The highest BCUT2D eigenvalue weighted by Crippen LogP contribution is 2.40. The number of ether oxygens (including phenoxy) is 2. The van der Waals surface area contributed by atoms with Crippen molar-refractivity contribution >= 4 is 11.9 Å². The average Bonchev–Trinajstić information content (AvgIpc) is 2.85. The number of phenolic OH excluding ortho intramolecular Hbond substituents is 1. The molecule has 0 aliphatic heterocycles. The van der Waals surface area contributed by atoms with Gasteiger partial charge in [0.1, 0.15) is 11.9 Å². The Kier molecular flexibility index (Phi) is 15.8. The van der Waals surface area contributed by atoms with Crippen LogP contribution in [0.5, 0.6) is 5.75 Å². The van der Waals surface area contributed by atoms with Crippen LogP contribution in [0.4, 0.5) is 0 Å².